The highest BCUT2D eigenvalue weighted by Crippen LogP contribution is 2.30. The molecule has 0 radical (unpaired) electrons. The molecule has 2 heterocycles. The maximum atomic E-state index is 13.3. The average molecular weight is 443 g/mol. The monoisotopic (exact) mass is 442 g/mol. The Balaban J connectivity index is 1.80. The van der Waals surface area contributed by atoms with Gasteiger partial charge in [0.15, 0.2) is 5.82 Å². The van der Waals surface area contributed by atoms with Gasteiger partial charge in [-0.05, 0) is 56.2 Å². The van der Waals surface area contributed by atoms with Gasteiger partial charge >= 0.3 is 0 Å². The highest BCUT2D eigenvalue weighted by Gasteiger charge is 2.26. The Morgan fingerprint density at radius 2 is 1.81 bits per heavy atom. The van der Waals surface area contributed by atoms with E-state index in [9.17, 15) is 12.8 Å². The predicted octanol–water partition coefficient (Wildman–Crippen LogP) is 4.02. The summed E-state index contributed by atoms with van der Waals surface area (Å²) in [6.07, 6.45) is 4.62. The normalized spacial score (nSPS) is 14.9. The first-order valence-corrected chi connectivity index (χ1v) is 12.0. The molecule has 164 valence electrons. The number of aromatic nitrogens is 2. The first-order valence-electron chi connectivity index (χ1n) is 10.6. The number of fused-ring (bicyclic) bond motifs is 1. The van der Waals surface area contributed by atoms with Gasteiger partial charge in [-0.25, -0.2) is 12.8 Å². The molecule has 0 saturated heterocycles. The molecule has 1 aromatic heterocycles. The van der Waals surface area contributed by atoms with E-state index < -0.39 is 10.0 Å². The summed E-state index contributed by atoms with van der Waals surface area (Å²) in [4.78, 5) is 2.40. The van der Waals surface area contributed by atoms with Crippen LogP contribution in [0.4, 0.5) is 10.2 Å². The Labute approximate surface area is 182 Å². The Bertz CT molecular complexity index is 1200. The molecule has 6 nitrogen and oxygen atoms in total. The van der Waals surface area contributed by atoms with E-state index in [0.29, 0.717) is 19.6 Å². The zero-order valence-electron chi connectivity index (χ0n) is 17.8. The van der Waals surface area contributed by atoms with Gasteiger partial charge in [-0.15, -0.1) is 0 Å². The van der Waals surface area contributed by atoms with Crippen molar-refractivity contribution in [3.8, 4) is 0 Å². The second kappa shape index (κ2) is 8.80. The topological polar surface area (TPSA) is 58.4 Å². The lowest BCUT2D eigenvalue weighted by Crippen LogP contribution is -2.33. The number of sulfonamides is 1. The predicted molar refractivity (Wildman–Crippen MR) is 121 cm³/mol. The SMILES string of the molecule is CCN(CC)c1nn(Cc2ccc(F)cc2)c2ccc(S(=O)(=O)N3CC=CCC3)cc12. The van der Waals surface area contributed by atoms with E-state index in [4.69, 9.17) is 5.10 Å². The van der Waals surface area contributed by atoms with Crippen LogP contribution in [0.3, 0.4) is 0 Å². The van der Waals surface area contributed by atoms with Crippen molar-refractivity contribution >= 4 is 26.7 Å². The Morgan fingerprint density at radius 3 is 2.45 bits per heavy atom. The lowest BCUT2D eigenvalue weighted by Gasteiger charge is -2.23. The zero-order valence-corrected chi connectivity index (χ0v) is 18.6. The molecule has 0 bridgehead atoms. The zero-order chi connectivity index (χ0) is 22.0. The third-order valence-electron chi connectivity index (χ3n) is 5.67. The van der Waals surface area contributed by atoms with Crippen LogP contribution in [0.15, 0.2) is 59.5 Å². The lowest BCUT2D eigenvalue weighted by molar-refractivity contribution is 0.437. The lowest BCUT2D eigenvalue weighted by atomic mass is 10.2. The molecule has 1 aliphatic heterocycles. The molecule has 0 spiro atoms. The van der Waals surface area contributed by atoms with Crippen LogP contribution in [0.25, 0.3) is 10.9 Å². The average Bonchev–Trinajstić information content (AvgIpc) is 3.14. The summed E-state index contributed by atoms with van der Waals surface area (Å²) in [5, 5.41) is 5.62. The number of nitrogens with zero attached hydrogens (tertiary/aromatic N) is 4. The molecule has 8 heteroatoms. The van der Waals surface area contributed by atoms with Crippen molar-refractivity contribution in [3.63, 3.8) is 0 Å². The van der Waals surface area contributed by atoms with E-state index in [0.717, 1.165) is 41.8 Å². The molecule has 4 rings (SSSR count). The first-order chi connectivity index (χ1) is 14.9. The van der Waals surface area contributed by atoms with Crippen LogP contribution in [0.1, 0.15) is 25.8 Å². The minimum absolute atomic E-state index is 0.277. The second-order valence-corrected chi connectivity index (χ2v) is 9.52. The number of rotatable bonds is 7. The van der Waals surface area contributed by atoms with Crippen molar-refractivity contribution in [1.82, 2.24) is 14.1 Å². The van der Waals surface area contributed by atoms with E-state index in [1.807, 2.05) is 22.9 Å². The van der Waals surface area contributed by atoms with Crippen LogP contribution in [0.2, 0.25) is 0 Å². The van der Waals surface area contributed by atoms with Crippen molar-refractivity contribution in [1.29, 1.82) is 0 Å². The maximum absolute atomic E-state index is 13.3. The molecular weight excluding hydrogens is 415 g/mol. The molecule has 1 aliphatic rings. The Hall–Kier alpha value is -2.71. The maximum Gasteiger partial charge on any atom is 0.243 e. The quantitative estimate of drug-likeness (QED) is 0.519. The highest BCUT2D eigenvalue weighted by atomic mass is 32.2. The van der Waals surface area contributed by atoms with E-state index in [2.05, 4.69) is 18.7 Å². The number of benzene rings is 2. The van der Waals surface area contributed by atoms with Gasteiger partial charge in [0.05, 0.1) is 17.0 Å². The van der Waals surface area contributed by atoms with Crippen LogP contribution in [-0.4, -0.2) is 48.7 Å². The fourth-order valence-corrected chi connectivity index (χ4v) is 5.36. The third-order valence-corrected chi connectivity index (χ3v) is 7.53. The summed E-state index contributed by atoms with van der Waals surface area (Å²) in [6.45, 7) is 6.97. The van der Waals surface area contributed by atoms with Gasteiger partial charge < -0.3 is 4.90 Å². The standard InChI is InChI=1S/C23H27FN4O2S/c1-3-26(4-2)23-21-16-20(31(29,30)27-14-6-5-7-15-27)12-13-22(21)28(25-23)17-18-8-10-19(24)11-9-18/h5-6,8-13,16H,3-4,7,14-15,17H2,1-2H3. The summed E-state index contributed by atoms with van der Waals surface area (Å²) in [7, 11) is -3.58. The van der Waals surface area contributed by atoms with Crippen LogP contribution in [0.5, 0.6) is 0 Å². The van der Waals surface area contributed by atoms with Crippen molar-refractivity contribution < 1.29 is 12.8 Å². The molecule has 0 fully saturated rings. The summed E-state index contributed by atoms with van der Waals surface area (Å²) < 4.78 is 43.1. The largest absolute Gasteiger partial charge is 0.355 e. The first kappa shape index (κ1) is 21.5. The van der Waals surface area contributed by atoms with E-state index in [1.54, 1.807) is 24.3 Å². The summed E-state index contributed by atoms with van der Waals surface area (Å²) in [5.74, 6) is 0.484. The van der Waals surface area contributed by atoms with Gasteiger partial charge in [-0.3, -0.25) is 4.68 Å². The van der Waals surface area contributed by atoms with Crippen molar-refractivity contribution in [3.05, 3.63) is 66.0 Å². The van der Waals surface area contributed by atoms with Gasteiger partial charge in [0.1, 0.15) is 5.82 Å². The van der Waals surface area contributed by atoms with Gasteiger partial charge in [0, 0.05) is 31.6 Å². The van der Waals surface area contributed by atoms with Crippen LogP contribution in [0, 0.1) is 5.82 Å². The fourth-order valence-electron chi connectivity index (χ4n) is 3.93. The summed E-state index contributed by atoms with van der Waals surface area (Å²) in [5.41, 5.74) is 1.78. The molecule has 0 aliphatic carbocycles. The number of hydrogen-bond acceptors (Lipinski definition) is 4. The Kier molecular flexibility index (Phi) is 6.11. The highest BCUT2D eigenvalue weighted by molar-refractivity contribution is 7.89. The van der Waals surface area contributed by atoms with Crippen molar-refractivity contribution in [2.45, 2.75) is 31.7 Å². The van der Waals surface area contributed by atoms with Gasteiger partial charge in [0.2, 0.25) is 10.0 Å². The Morgan fingerprint density at radius 1 is 1.06 bits per heavy atom. The van der Waals surface area contributed by atoms with Gasteiger partial charge in [0.25, 0.3) is 0 Å². The molecular formula is C23H27FN4O2S. The molecule has 0 unspecified atom stereocenters. The van der Waals surface area contributed by atoms with Crippen LogP contribution < -0.4 is 4.90 Å². The van der Waals surface area contributed by atoms with E-state index in [-0.39, 0.29) is 10.7 Å². The minimum Gasteiger partial charge on any atom is -0.355 e. The molecule has 3 aromatic rings. The third kappa shape index (κ3) is 4.22. The van der Waals surface area contributed by atoms with Gasteiger partial charge in [-0.2, -0.15) is 9.40 Å². The van der Waals surface area contributed by atoms with Crippen LogP contribution in [-0.2, 0) is 16.6 Å². The van der Waals surface area contributed by atoms with E-state index >= 15 is 0 Å². The number of halogens is 1. The summed E-state index contributed by atoms with van der Waals surface area (Å²) in [6, 6.07) is 11.6. The van der Waals surface area contributed by atoms with Gasteiger partial charge in [-0.1, -0.05) is 24.3 Å². The molecule has 0 atom stereocenters. The molecule has 0 amide bonds. The molecule has 0 saturated carbocycles. The fraction of sp³-hybridized carbons (Fsp3) is 0.348. The number of anilines is 1. The summed E-state index contributed by atoms with van der Waals surface area (Å²) >= 11 is 0. The van der Waals surface area contributed by atoms with Crippen molar-refractivity contribution in [2.24, 2.45) is 0 Å². The second-order valence-electron chi connectivity index (χ2n) is 7.58. The molecule has 2 aromatic carbocycles. The molecule has 31 heavy (non-hydrogen) atoms. The number of hydrogen-bond donors (Lipinski definition) is 0. The van der Waals surface area contributed by atoms with Crippen LogP contribution >= 0.6 is 0 Å². The van der Waals surface area contributed by atoms with Crippen molar-refractivity contribution in [2.75, 3.05) is 31.1 Å². The minimum atomic E-state index is -3.58. The smallest absolute Gasteiger partial charge is 0.243 e. The van der Waals surface area contributed by atoms with E-state index in [1.165, 1.54) is 16.4 Å². The molecule has 0 N–H and O–H groups in total.